The van der Waals surface area contributed by atoms with E-state index >= 15 is 0 Å². The van der Waals surface area contributed by atoms with Crippen LogP contribution >= 0.6 is 0 Å². The zero-order valence-electron chi connectivity index (χ0n) is 11.5. The van der Waals surface area contributed by atoms with Crippen LogP contribution in [0.2, 0.25) is 0 Å². The van der Waals surface area contributed by atoms with Crippen molar-refractivity contribution in [2.75, 3.05) is 12.3 Å². The highest BCUT2D eigenvalue weighted by Crippen LogP contribution is 2.09. The van der Waals surface area contributed by atoms with Crippen LogP contribution in [0.25, 0.3) is 0 Å². The summed E-state index contributed by atoms with van der Waals surface area (Å²) in [6.45, 7) is 6.38. The van der Waals surface area contributed by atoms with E-state index in [0.717, 1.165) is 12.2 Å². The Morgan fingerprint density at radius 2 is 2.05 bits per heavy atom. The molecule has 4 heteroatoms. The highest BCUT2D eigenvalue weighted by molar-refractivity contribution is 5.28. The molecule has 1 unspecified atom stereocenters. The van der Waals surface area contributed by atoms with Crippen molar-refractivity contribution in [3.05, 3.63) is 47.7 Å². The molecule has 0 aliphatic heterocycles. The summed E-state index contributed by atoms with van der Waals surface area (Å²) in [5, 5.41) is 4.26. The lowest BCUT2D eigenvalue weighted by atomic mass is 10.2. The Bertz CT molecular complexity index is 507. The van der Waals surface area contributed by atoms with Gasteiger partial charge < -0.3 is 10.5 Å². The molecule has 0 saturated carbocycles. The lowest BCUT2D eigenvalue weighted by molar-refractivity contribution is 0.0855. The van der Waals surface area contributed by atoms with Gasteiger partial charge in [0.15, 0.2) is 0 Å². The summed E-state index contributed by atoms with van der Waals surface area (Å²) in [4.78, 5) is 0. The molecular formula is C15H21N3O. The molecule has 1 aromatic heterocycles. The van der Waals surface area contributed by atoms with Gasteiger partial charge in [0, 0.05) is 18.3 Å². The van der Waals surface area contributed by atoms with E-state index in [-0.39, 0.29) is 0 Å². The first-order chi connectivity index (χ1) is 9.15. The van der Waals surface area contributed by atoms with Crippen LogP contribution in [-0.4, -0.2) is 16.4 Å². The summed E-state index contributed by atoms with van der Waals surface area (Å²) in [5.41, 5.74) is 7.96. The second-order valence-corrected chi connectivity index (χ2v) is 5.00. The molecule has 1 atom stereocenters. The minimum absolute atomic E-state index is 0.404. The van der Waals surface area contributed by atoms with Gasteiger partial charge in [0.25, 0.3) is 0 Å². The molecule has 2 rings (SSSR count). The van der Waals surface area contributed by atoms with Gasteiger partial charge in [-0.05, 0) is 18.4 Å². The molecule has 0 saturated heterocycles. The number of nitrogens with zero attached hydrogens (tertiary/aromatic N) is 2. The lowest BCUT2D eigenvalue weighted by Crippen LogP contribution is -2.15. The molecule has 1 heterocycles. The van der Waals surface area contributed by atoms with Crippen molar-refractivity contribution in [2.24, 2.45) is 5.92 Å². The second-order valence-electron chi connectivity index (χ2n) is 5.00. The Morgan fingerprint density at radius 1 is 1.32 bits per heavy atom. The Hall–Kier alpha value is -1.81. The monoisotopic (exact) mass is 259 g/mol. The third-order valence-electron chi connectivity index (χ3n) is 3.00. The number of benzene rings is 1. The Labute approximate surface area is 114 Å². The Kier molecular flexibility index (Phi) is 4.58. The first-order valence-electron chi connectivity index (χ1n) is 6.56. The van der Waals surface area contributed by atoms with Crippen molar-refractivity contribution >= 4 is 5.82 Å². The number of aromatic nitrogens is 2. The fourth-order valence-corrected chi connectivity index (χ4v) is 2.02. The fourth-order valence-electron chi connectivity index (χ4n) is 2.02. The van der Waals surface area contributed by atoms with Gasteiger partial charge in [-0.25, -0.2) is 0 Å². The summed E-state index contributed by atoms with van der Waals surface area (Å²) >= 11 is 0. The van der Waals surface area contributed by atoms with Crippen LogP contribution in [0, 0.1) is 12.8 Å². The molecule has 0 fully saturated rings. The average Bonchev–Trinajstić information content (AvgIpc) is 2.69. The summed E-state index contributed by atoms with van der Waals surface area (Å²) in [7, 11) is 0. The lowest BCUT2D eigenvalue weighted by Gasteiger charge is -2.13. The second kappa shape index (κ2) is 6.38. The third kappa shape index (κ3) is 4.10. The number of nitrogens with two attached hydrogens (primary N) is 1. The van der Waals surface area contributed by atoms with E-state index in [4.69, 9.17) is 10.5 Å². The first-order valence-corrected chi connectivity index (χ1v) is 6.56. The molecule has 0 radical (unpaired) electrons. The average molecular weight is 259 g/mol. The highest BCUT2D eigenvalue weighted by atomic mass is 16.5. The van der Waals surface area contributed by atoms with E-state index in [2.05, 4.69) is 24.2 Å². The molecule has 0 amide bonds. The van der Waals surface area contributed by atoms with E-state index in [1.54, 1.807) is 0 Å². The number of anilines is 1. The maximum atomic E-state index is 5.73. The van der Waals surface area contributed by atoms with E-state index in [0.29, 0.717) is 24.9 Å². The normalized spacial score (nSPS) is 12.5. The standard InChI is InChI=1S/C15H21N3O/c1-12(9-18-13(2)8-15(16)17-18)10-19-11-14-6-4-3-5-7-14/h3-8,12H,9-11H2,1-2H3,(H2,16,17). The SMILES string of the molecule is Cc1cc(N)nn1CC(C)COCc1ccccc1. The van der Waals surface area contributed by atoms with Crippen LogP contribution in [0.4, 0.5) is 5.82 Å². The number of ether oxygens (including phenoxy) is 1. The van der Waals surface area contributed by atoms with Crippen LogP contribution < -0.4 is 5.73 Å². The van der Waals surface area contributed by atoms with E-state index in [9.17, 15) is 0 Å². The number of hydrogen-bond acceptors (Lipinski definition) is 3. The first kappa shape index (κ1) is 13.6. The highest BCUT2D eigenvalue weighted by Gasteiger charge is 2.07. The van der Waals surface area contributed by atoms with Gasteiger partial charge in [0.05, 0.1) is 13.2 Å². The molecule has 0 spiro atoms. The van der Waals surface area contributed by atoms with Gasteiger partial charge in [-0.1, -0.05) is 37.3 Å². The smallest absolute Gasteiger partial charge is 0.145 e. The predicted octanol–water partition coefficient (Wildman–Crippen LogP) is 2.63. The van der Waals surface area contributed by atoms with Crippen LogP contribution in [0.1, 0.15) is 18.2 Å². The van der Waals surface area contributed by atoms with Crippen molar-refractivity contribution < 1.29 is 4.74 Å². The third-order valence-corrected chi connectivity index (χ3v) is 3.00. The van der Waals surface area contributed by atoms with Crippen LogP contribution in [0.15, 0.2) is 36.4 Å². The fraction of sp³-hybridized carbons (Fsp3) is 0.400. The Morgan fingerprint density at radius 3 is 2.68 bits per heavy atom. The molecule has 0 aliphatic carbocycles. The molecule has 102 valence electrons. The number of rotatable bonds is 6. The van der Waals surface area contributed by atoms with Crippen molar-refractivity contribution in [3.8, 4) is 0 Å². The van der Waals surface area contributed by atoms with E-state index in [1.807, 2.05) is 35.9 Å². The summed E-state index contributed by atoms with van der Waals surface area (Å²) in [6.07, 6.45) is 0. The molecule has 0 aliphatic rings. The summed E-state index contributed by atoms with van der Waals surface area (Å²) < 4.78 is 7.66. The molecule has 19 heavy (non-hydrogen) atoms. The quantitative estimate of drug-likeness (QED) is 0.867. The van der Waals surface area contributed by atoms with Gasteiger partial charge in [0.1, 0.15) is 5.82 Å². The number of aryl methyl sites for hydroxylation is 1. The van der Waals surface area contributed by atoms with Gasteiger partial charge in [-0.3, -0.25) is 4.68 Å². The minimum atomic E-state index is 0.404. The molecule has 2 N–H and O–H groups in total. The molecule has 1 aromatic carbocycles. The summed E-state index contributed by atoms with van der Waals surface area (Å²) in [6, 6.07) is 12.1. The zero-order chi connectivity index (χ0) is 13.7. The van der Waals surface area contributed by atoms with Crippen molar-refractivity contribution in [2.45, 2.75) is 27.0 Å². The van der Waals surface area contributed by atoms with E-state index in [1.165, 1.54) is 5.56 Å². The molecule has 4 nitrogen and oxygen atoms in total. The maximum Gasteiger partial charge on any atom is 0.145 e. The molecule has 2 aromatic rings. The van der Waals surface area contributed by atoms with Crippen LogP contribution in [-0.2, 0) is 17.9 Å². The summed E-state index contributed by atoms with van der Waals surface area (Å²) in [5.74, 6) is 0.983. The van der Waals surface area contributed by atoms with Crippen molar-refractivity contribution in [3.63, 3.8) is 0 Å². The van der Waals surface area contributed by atoms with Crippen LogP contribution in [0.3, 0.4) is 0 Å². The van der Waals surface area contributed by atoms with Crippen LogP contribution in [0.5, 0.6) is 0 Å². The van der Waals surface area contributed by atoms with Gasteiger partial charge >= 0.3 is 0 Å². The Balaban J connectivity index is 1.76. The van der Waals surface area contributed by atoms with Crippen molar-refractivity contribution in [1.29, 1.82) is 0 Å². The largest absolute Gasteiger partial charge is 0.382 e. The van der Waals surface area contributed by atoms with Gasteiger partial charge in [-0.15, -0.1) is 0 Å². The van der Waals surface area contributed by atoms with E-state index < -0.39 is 0 Å². The van der Waals surface area contributed by atoms with Gasteiger partial charge in [-0.2, -0.15) is 5.10 Å². The minimum Gasteiger partial charge on any atom is -0.382 e. The molecular weight excluding hydrogens is 238 g/mol. The maximum absolute atomic E-state index is 5.73. The topological polar surface area (TPSA) is 53.1 Å². The predicted molar refractivity (Wildman–Crippen MR) is 76.6 cm³/mol. The van der Waals surface area contributed by atoms with Gasteiger partial charge in [0.2, 0.25) is 0 Å². The number of nitrogen functional groups attached to an aromatic ring is 1. The molecule has 0 bridgehead atoms. The number of hydrogen-bond donors (Lipinski definition) is 1. The zero-order valence-corrected chi connectivity index (χ0v) is 11.5. The van der Waals surface area contributed by atoms with Crippen molar-refractivity contribution in [1.82, 2.24) is 9.78 Å².